The fraction of sp³-hybridized carbons (Fsp3) is 0.448. The highest BCUT2D eigenvalue weighted by Gasteiger charge is 2.50. The Morgan fingerprint density at radius 3 is 2.38 bits per heavy atom. The highest BCUT2D eigenvalue weighted by molar-refractivity contribution is 6.31. The van der Waals surface area contributed by atoms with Crippen LogP contribution in [0.4, 0.5) is 13.2 Å². The summed E-state index contributed by atoms with van der Waals surface area (Å²) in [4.78, 5) is 51.2. The molecule has 6 N–H and O–H groups in total. The van der Waals surface area contributed by atoms with E-state index in [1.165, 1.54) is 37.7 Å². The van der Waals surface area contributed by atoms with Crippen molar-refractivity contribution >= 4 is 23.3 Å². The van der Waals surface area contributed by atoms with Crippen molar-refractivity contribution in [2.24, 2.45) is 0 Å². The number of phenolic OH excluding ortho intramolecular Hbond substituents is 2. The van der Waals surface area contributed by atoms with Crippen LogP contribution in [0.25, 0.3) is 0 Å². The fourth-order valence-electron chi connectivity index (χ4n) is 6.00. The number of methoxy groups -OCH3 is 1. The monoisotopic (exact) mass is 638 g/mol. The maximum atomic E-state index is 13.7. The summed E-state index contributed by atoms with van der Waals surface area (Å²) in [5.74, 6) is -6.24. The Morgan fingerprint density at radius 1 is 1.09 bits per heavy atom. The average molecular weight is 639 g/mol. The van der Waals surface area contributed by atoms with Gasteiger partial charge in [-0.15, -0.1) is 0 Å². The zero-order valence-corrected chi connectivity index (χ0v) is 24.0. The second-order valence-electron chi connectivity index (χ2n) is 11.2. The van der Waals surface area contributed by atoms with Crippen molar-refractivity contribution in [3.63, 3.8) is 0 Å². The average Bonchev–Trinajstić information content (AvgIpc) is 2.97. The number of carbonyl (C=O) groups excluding carboxylic acids is 4. The predicted molar refractivity (Wildman–Crippen MR) is 143 cm³/mol. The number of Topliss-reactive ketones (excluding diaryl/α,β-unsaturated/α-hetero) is 1. The molecule has 2 aromatic carbocycles. The molecular formula is C29H29F3N2O11. The van der Waals surface area contributed by atoms with Crippen LogP contribution < -0.4 is 15.6 Å². The van der Waals surface area contributed by atoms with Crippen LogP contribution in [0.3, 0.4) is 0 Å². The second kappa shape index (κ2) is 11.4. The van der Waals surface area contributed by atoms with Crippen molar-refractivity contribution in [3.8, 4) is 17.2 Å². The van der Waals surface area contributed by atoms with E-state index in [9.17, 15) is 52.8 Å². The highest BCUT2D eigenvalue weighted by Crippen LogP contribution is 2.52. The van der Waals surface area contributed by atoms with E-state index >= 15 is 0 Å². The van der Waals surface area contributed by atoms with Crippen LogP contribution in [-0.4, -0.2) is 87.1 Å². The molecule has 0 radical (unpaired) electrons. The van der Waals surface area contributed by atoms with Gasteiger partial charge in [0.2, 0.25) is 5.78 Å². The number of halogens is 3. The number of aliphatic hydroxyl groups excluding tert-OH is 1. The summed E-state index contributed by atoms with van der Waals surface area (Å²) >= 11 is 0. The molecule has 2 aliphatic carbocycles. The standard InChI is InChI=1S/C29H29F3N2O11/c1-10-22(36)14(33-34-27(41)29(30,31)32)7-17(44-10)45-16-9-28(42,11(2)35)8-13-19(16)26(40)21-20(24(13)38)23(37)12-5-4-6-15(43-3)18(12)25(21)39/h4-6,10,14,16-17,22,33,36,38,40,42H,7-9H2,1-3H3,(H,34,41)/t10?,14?,16-,17?,22?,28-/m0/s1. The summed E-state index contributed by atoms with van der Waals surface area (Å²) < 4.78 is 55.0. The molecule has 1 aliphatic heterocycles. The second-order valence-corrected chi connectivity index (χ2v) is 11.2. The molecule has 242 valence electrons. The number of carbonyl (C=O) groups is 4. The predicted octanol–water partition coefficient (Wildman–Crippen LogP) is 1.25. The zero-order valence-electron chi connectivity index (χ0n) is 24.0. The van der Waals surface area contributed by atoms with Crippen molar-refractivity contribution < 1.29 is 67.0 Å². The summed E-state index contributed by atoms with van der Waals surface area (Å²) in [7, 11) is 1.28. The van der Waals surface area contributed by atoms with E-state index < -0.39 is 101 Å². The van der Waals surface area contributed by atoms with Crippen molar-refractivity contribution in [1.82, 2.24) is 10.9 Å². The molecular weight excluding hydrogens is 609 g/mol. The first kappa shape index (κ1) is 32.3. The number of rotatable bonds is 6. The largest absolute Gasteiger partial charge is 0.507 e. The fourth-order valence-corrected chi connectivity index (χ4v) is 6.00. The summed E-state index contributed by atoms with van der Waals surface area (Å²) in [5.41, 5.74) is -0.451. The molecule has 16 heteroatoms. The van der Waals surface area contributed by atoms with Crippen LogP contribution >= 0.6 is 0 Å². The number of fused-ring (bicyclic) bond motifs is 3. The lowest BCUT2D eigenvalue weighted by Crippen LogP contribution is -2.59. The van der Waals surface area contributed by atoms with Crippen molar-refractivity contribution in [1.29, 1.82) is 0 Å². The van der Waals surface area contributed by atoms with Gasteiger partial charge in [-0.25, -0.2) is 5.43 Å². The number of aliphatic hydroxyl groups is 2. The van der Waals surface area contributed by atoms with Crippen LogP contribution in [0, 0.1) is 0 Å². The Kier molecular flexibility index (Phi) is 8.16. The molecule has 0 saturated carbocycles. The third-order valence-electron chi connectivity index (χ3n) is 8.38. The van der Waals surface area contributed by atoms with Gasteiger partial charge in [-0.05, 0) is 19.9 Å². The molecule has 2 aromatic rings. The number of ether oxygens (including phenoxy) is 3. The number of phenols is 2. The van der Waals surface area contributed by atoms with Gasteiger partial charge >= 0.3 is 12.1 Å². The first-order valence-electron chi connectivity index (χ1n) is 13.7. The number of hydrogen-bond acceptors (Lipinski definition) is 12. The van der Waals surface area contributed by atoms with E-state index in [1.807, 2.05) is 0 Å². The van der Waals surface area contributed by atoms with Gasteiger partial charge in [-0.3, -0.25) is 24.6 Å². The molecule has 6 atom stereocenters. The van der Waals surface area contributed by atoms with Gasteiger partial charge < -0.3 is 34.6 Å². The number of ketones is 3. The van der Waals surface area contributed by atoms with E-state index in [0.717, 1.165) is 6.92 Å². The molecule has 13 nitrogen and oxygen atoms in total. The third kappa shape index (κ3) is 5.42. The number of amides is 1. The normalized spacial score (nSPS) is 27.7. The minimum absolute atomic E-state index is 0.0335. The van der Waals surface area contributed by atoms with Crippen molar-refractivity contribution in [2.75, 3.05) is 7.11 Å². The lowest BCUT2D eigenvalue weighted by atomic mass is 9.72. The van der Waals surface area contributed by atoms with E-state index in [1.54, 1.807) is 0 Å². The quantitative estimate of drug-likeness (QED) is 0.167. The number of alkyl halides is 3. The van der Waals surface area contributed by atoms with E-state index in [4.69, 9.17) is 14.2 Å². The molecule has 1 heterocycles. The minimum Gasteiger partial charge on any atom is -0.507 e. The van der Waals surface area contributed by atoms with Gasteiger partial charge in [0.25, 0.3) is 0 Å². The third-order valence-corrected chi connectivity index (χ3v) is 8.38. The molecule has 5 rings (SSSR count). The minimum atomic E-state index is -5.21. The van der Waals surface area contributed by atoms with Crippen LogP contribution in [0.15, 0.2) is 18.2 Å². The maximum Gasteiger partial charge on any atom is 0.472 e. The molecule has 45 heavy (non-hydrogen) atoms. The van der Waals surface area contributed by atoms with E-state index in [-0.39, 0.29) is 34.4 Å². The molecule has 0 spiro atoms. The Hall–Kier alpha value is -4.09. The molecule has 1 amide bonds. The van der Waals surface area contributed by atoms with Crippen LogP contribution in [-0.2, 0) is 25.5 Å². The zero-order chi connectivity index (χ0) is 33.2. The SMILES string of the molecule is COc1cccc2c1C(=O)c1c(O)c3c(c(O)c1C2=O)C[C@@](O)(C(C)=O)C[C@@H]3OC1CC(NNC(=O)C(F)(F)F)C(O)C(C)O1. The lowest BCUT2D eigenvalue weighted by Gasteiger charge is -2.42. The molecule has 4 unspecified atom stereocenters. The molecule has 1 fully saturated rings. The van der Waals surface area contributed by atoms with Crippen molar-refractivity contribution in [2.45, 2.75) is 75.5 Å². The van der Waals surface area contributed by atoms with Gasteiger partial charge in [0.15, 0.2) is 17.9 Å². The summed E-state index contributed by atoms with van der Waals surface area (Å²) in [6.45, 7) is 2.45. The lowest BCUT2D eigenvalue weighted by molar-refractivity contribution is -0.250. The van der Waals surface area contributed by atoms with Gasteiger partial charge in [-0.2, -0.15) is 13.2 Å². The first-order valence-corrected chi connectivity index (χ1v) is 13.7. The molecule has 3 aliphatic rings. The topological polar surface area (TPSA) is 201 Å². The van der Waals surface area contributed by atoms with Crippen LogP contribution in [0.2, 0.25) is 0 Å². The van der Waals surface area contributed by atoms with Crippen molar-refractivity contribution in [3.05, 3.63) is 51.6 Å². The van der Waals surface area contributed by atoms with Gasteiger partial charge in [-0.1, -0.05) is 12.1 Å². The van der Waals surface area contributed by atoms with Crippen LogP contribution in [0.1, 0.15) is 75.8 Å². The van der Waals surface area contributed by atoms with Gasteiger partial charge in [0.05, 0.1) is 48.2 Å². The Labute approximate surface area is 252 Å². The van der Waals surface area contributed by atoms with Crippen LogP contribution in [0.5, 0.6) is 17.2 Å². The molecule has 1 saturated heterocycles. The Balaban J connectivity index is 1.56. The summed E-state index contributed by atoms with van der Waals surface area (Å²) in [6.07, 6.45) is -12.1. The Morgan fingerprint density at radius 2 is 1.76 bits per heavy atom. The number of benzene rings is 2. The summed E-state index contributed by atoms with van der Waals surface area (Å²) in [6, 6.07) is 2.99. The van der Waals surface area contributed by atoms with E-state index in [2.05, 4.69) is 5.43 Å². The maximum absolute atomic E-state index is 13.7. The van der Waals surface area contributed by atoms with E-state index in [0.29, 0.717) is 0 Å². The smallest absolute Gasteiger partial charge is 0.472 e. The number of hydrogen-bond donors (Lipinski definition) is 6. The number of hydrazine groups is 1. The molecule has 0 aromatic heterocycles. The highest BCUT2D eigenvalue weighted by atomic mass is 19.4. The number of nitrogens with one attached hydrogen (secondary N) is 2. The van der Waals surface area contributed by atoms with Gasteiger partial charge in [0.1, 0.15) is 22.8 Å². The molecule has 0 bridgehead atoms. The Bertz CT molecular complexity index is 1610. The number of aromatic hydroxyl groups is 2. The van der Waals surface area contributed by atoms with Gasteiger partial charge in [0, 0.05) is 36.0 Å². The first-order chi connectivity index (χ1) is 21.0. The summed E-state index contributed by atoms with van der Waals surface area (Å²) in [5, 5.41) is 44.7.